The van der Waals surface area contributed by atoms with Gasteiger partial charge in [-0.3, -0.25) is 4.79 Å². The molecule has 1 heterocycles. The number of amides is 1. The van der Waals surface area contributed by atoms with Crippen LogP contribution < -0.4 is 22.1 Å². The van der Waals surface area contributed by atoms with Crippen LogP contribution in [0.2, 0.25) is 0 Å². The second-order valence-electron chi connectivity index (χ2n) is 9.31. The van der Waals surface area contributed by atoms with Crippen LogP contribution in [0, 0.1) is 11.6 Å². The summed E-state index contributed by atoms with van der Waals surface area (Å²) in [6.45, 7) is 3.82. The van der Waals surface area contributed by atoms with Gasteiger partial charge in [0.1, 0.15) is 17.4 Å². The van der Waals surface area contributed by atoms with Crippen LogP contribution >= 0.6 is 0 Å². The van der Waals surface area contributed by atoms with Gasteiger partial charge in [-0.05, 0) is 56.4 Å². The summed E-state index contributed by atoms with van der Waals surface area (Å²) in [6.07, 6.45) is 6.10. The highest BCUT2D eigenvalue weighted by Crippen LogP contribution is 2.39. The fourth-order valence-electron chi connectivity index (χ4n) is 5.03. The van der Waals surface area contributed by atoms with Crippen molar-refractivity contribution in [3.05, 3.63) is 52.6 Å². The third kappa shape index (κ3) is 4.32. The van der Waals surface area contributed by atoms with Crippen molar-refractivity contribution >= 4 is 29.0 Å². The van der Waals surface area contributed by atoms with Gasteiger partial charge in [0.2, 0.25) is 0 Å². The molecular formula is C25H31F2N5O2. The maximum absolute atomic E-state index is 15.1. The zero-order valence-electron chi connectivity index (χ0n) is 19.7. The first-order chi connectivity index (χ1) is 16.1. The van der Waals surface area contributed by atoms with Crippen LogP contribution in [-0.2, 0) is 4.74 Å². The van der Waals surface area contributed by atoms with E-state index in [1.165, 1.54) is 13.2 Å². The number of nitrogens with one attached hydrogen (secondary N) is 2. The molecule has 0 aliphatic heterocycles. The summed E-state index contributed by atoms with van der Waals surface area (Å²) in [4.78, 5) is 16.4. The van der Waals surface area contributed by atoms with Gasteiger partial charge < -0.3 is 26.8 Å². The molecule has 1 fully saturated rings. The first kappa shape index (κ1) is 23.9. The smallest absolute Gasteiger partial charge is 0.252 e. The number of nitrogens with two attached hydrogens (primary N) is 2. The molecule has 1 amide bonds. The molecule has 34 heavy (non-hydrogen) atoms. The molecule has 2 aliphatic carbocycles. The van der Waals surface area contributed by atoms with Crippen LogP contribution in [0.15, 0.2) is 24.3 Å². The quantitative estimate of drug-likeness (QED) is 0.462. The minimum Gasteiger partial charge on any atom is -0.496 e. The molecule has 2 atom stereocenters. The Balaban J connectivity index is 1.75. The highest BCUT2D eigenvalue weighted by Gasteiger charge is 2.38. The van der Waals surface area contributed by atoms with Crippen molar-refractivity contribution in [2.24, 2.45) is 11.5 Å². The molecule has 1 saturated carbocycles. The van der Waals surface area contributed by atoms with Crippen molar-refractivity contribution in [3.8, 4) is 0 Å². The fourth-order valence-corrected chi connectivity index (χ4v) is 5.03. The standard InChI is InChI=1S/C25H31F2N5O2/c1-13-6-7-20(34-3)16-10-15(11-18(26)21(13)16)30-23-17(22(29)33)12-19(27)24(31-23)32-25(14(2)28)8-4-5-9-25/h7,10-14H,4-6,8-9,28H2,1-3H3,(H2,29,33)(H2,30,31,32)/t13?,14-/m0/s1. The number of hydrogen-bond acceptors (Lipinski definition) is 6. The fraction of sp³-hybridized carbons (Fsp3) is 0.440. The highest BCUT2D eigenvalue weighted by atomic mass is 19.1. The molecule has 0 bridgehead atoms. The molecule has 7 nitrogen and oxygen atoms in total. The van der Waals surface area contributed by atoms with Gasteiger partial charge >= 0.3 is 0 Å². The normalized spacial score (nSPS) is 19.7. The van der Waals surface area contributed by atoms with Crippen LogP contribution in [0.1, 0.15) is 73.4 Å². The van der Waals surface area contributed by atoms with Gasteiger partial charge in [0.25, 0.3) is 5.91 Å². The number of primary amides is 1. The van der Waals surface area contributed by atoms with Gasteiger partial charge in [0.05, 0.1) is 18.2 Å². The molecular weight excluding hydrogens is 440 g/mol. The van der Waals surface area contributed by atoms with Crippen LogP contribution in [0.5, 0.6) is 0 Å². The van der Waals surface area contributed by atoms with E-state index in [1.807, 2.05) is 19.9 Å². The van der Waals surface area contributed by atoms with Crippen molar-refractivity contribution in [3.63, 3.8) is 0 Å². The summed E-state index contributed by atoms with van der Waals surface area (Å²) in [5.74, 6) is -1.41. The van der Waals surface area contributed by atoms with Crippen LogP contribution in [0.25, 0.3) is 5.76 Å². The molecule has 1 aromatic heterocycles. The number of rotatable bonds is 7. The van der Waals surface area contributed by atoms with Gasteiger partial charge in [0.15, 0.2) is 11.6 Å². The van der Waals surface area contributed by atoms with E-state index in [0.717, 1.165) is 31.7 Å². The minimum absolute atomic E-state index is 0.00951. The lowest BCUT2D eigenvalue weighted by Crippen LogP contribution is -2.50. The number of ether oxygens (including phenoxy) is 1. The largest absolute Gasteiger partial charge is 0.496 e. The Morgan fingerprint density at radius 1 is 1.21 bits per heavy atom. The molecule has 0 radical (unpaired) electrons. The Morgan fingerprint density at radius 3 is 2.53 bits per heavy atom. The first-order valence-electron chi connectivity index (χ1n) is 11.5. The zero-order chi connectivity index (χ0) is 24.6. The Bertz CT molecular complexity index is 1140. The number of allylic oxidation sites excluding steroid dienone is 1. The predicted octanol–water partition coefficient (Wildman–Crippen LogP) is 4.77. The number of pyridine rings is 1. The monoisotopic (exact) mass is 471 g/mol. The Kier molecular flexibility index (Phi) is 6.49. The lowest BCUT2D eigenvalue weighted by Gasteiger charge is -2.35. The maximum atomic E-state index is 15.1. The minimum atomic E-state index is -0.854. The highest BCUT2D eigenvalue weighted by molar-refractivity contribution is 5.98. The van der Waals surface area contributed by atoms with E-state index in [4.69, 9.17) is 16.2 Å². The van der Waals surface area contributed by atoms with Crippen molar-refractivity contribution in [1.29, 1.82) is 0 Å². The number of benzene rings is 1. The molecule has 0 saturated heterocycles. The summed E-state index contributed by atoms with van der Waals surface area (Å²) in [5, 5.41) is 6.16. The molecule has 6 N–H and O–H groups in total. The lowest BCUT2D eigenvalue weighted by atomic mass is 9.86. The van der Waals surface area contributed by atoms with Gasteiger partial charge in [-0.25, -0.2) is 13.8 Å². The number of carbonyl (C=O) groups is 1. The second kappa shape index (κ2) is 9.21. The van der Waals surface area contributed by atoms with E-state index in [9.17, 15) is 9.18 Å². The average molecular weight is 472 g/mol. The van der Waals surface area contributed by atoms with Crippen LogP contribution in [0.4, 0.5) is 26.1 Å². The first-order valence-corrected chi connectivity index (χ1v) is 11.5. The van der Waals surface area contributed by atoms with Gasteiger partial charge in [-0.2, -0.15) is 0 Å². The van der Waals surface area contributed by atoms with Crippen molar-refractivity contribution in [1.82, 2.24) is 4.98 Å². The molecule has 1 unspecified atom stereocenters. The topological polar surface area (TPSA) is 115 Å². The number of fused-ring (bicyclic) bond motifs is 1. The van der Waals surface area contributed by atoms with E-state index >= 15 is 4.39 Å². The number of halogens is 2. The summed E-state index contributed by atoms with van der Waals surface area (Å²) < 4.78 is 35.5. The molecule has 4 rings (SSSR count). The Labute approximate surface area is 198 Å². The van der Waals surface area contributed by atoms with Gasteiger partial charge in [-0.1, -0.05) is 19.8 Å². The number of anilines is 3. The molecule has 182 valence electrons. The number of methoxy groups -OCH3 is 1. The van der Waals surface area contributed by atoms with E-state index in [0.29, 0.717) is 29.0 Å². The summed E-state index contributed by atoms with van der Waals surface area (Å²) in [7, 11) is 1.53. The van der Waals surface area contributed by atoms with Crippen molar-refractivity contribution in [2.75, 3.05) is 17.7 Å². The Morgan fingerprint density at radius 2 is 1.91 bits per heavy atom. The van der Waals surface area contributed by atoms with E-state index in [2.05, 4.69) is 15.6 Å². The zero-order valence-corrected chi connectivity index (χ0v) is 19.7. The third-order valence-corrected chi connectivity index (χ3v) is 7.00. The lowest BCUT2D eigenvalue weighted by molar-refractivity contribution is 0.100. The molecule has 9 heteroatoms. The maximum Gasteiger partial charge on any atom is 0.252 e. The average Bonchev–Trinajstić information content (AvgIpc) is 3.25. The summed E-state index contributed by atoms with van der Waals surface area (Å²) >= 11 is 0. The Hall–Kier alpha value is -3.20. The molecule has 2 aliphatic rings. The molecule has 2 aromatic rings. The molecule has 1 aromatic carbocycles. The molecule has 0 spiro atoms. The van der Waals surface area contributed by atoms with Crippen LogP contribution in [-0.4, -0.2) is 29.6 Å². The van der Waals surface area contributed by atoms with Gasteiger partial charge in [0, 0.05) is 22.9 Å². The van der Waals surface area contributed by atoms with Crippen molar-refractivity contribution in [2.45, 2.75) is 63.5 Å². The van der Waals surface area contributed by atoms with E-state index in [1.54, 1.807) is 6.07 Å². The number of hydrogen-bond donors (Lipinski definition) is 4. The SMILES string of the molecule is COC1=CCC(C)c2c(F)cc(Nc3nc(NC4([C@H](C)N)CCCC4)c(F)cc3C(N)=O)cc21. The van der Waals surface area contributed by atoms with E-state index in [-0.39, 0.29) is 29.2 Å². The summed E-state index contributed by atoms with van der Waals surface area (Å²) in [6, 6.07) is 3.87. The summed E-state index contributed by atoms with van der Waals surface area (Å²) in [5.41, 5.74) is 12.6. The van der Waals surface area contributed by atoms with Gasteiger partial charge in [-0.15, -0.1) is 0 Å². The number of carbonyl (C=O) groups excluding carboxylic acids is 1. The number of aromatic nitrogens is 1. The number of nitrogens with zero attached hydrogens (tertiary/aromatic N) is 1. The third-order valence-electron chi connectivity index (χ3n) is 7.00. The van der Waals surface area contributed by atoms with E-state index < -0.39 is 23.1 Å². The van der Waals surface area contributed by atoms with Crippen molar-refractivity contribution < 1.29 is 18.3 Å². The van der Waals surface area contributed by atoms with Crippen LogP contribution in [0.3, 0.4) is 0 Å². The predicted molar refractivity (Wildman–Crippen MR) is 129 cm³/mol. The second-order valence-corrected chi connectivity index (χ2v) is 9.31.